The fourth-order valence-electron chi connectivity index (χ4n) is 1.63. The number of aliphatic carboxylic acids is 2. The second-order valence-electron chi connectivity index (χ2n) is 5.59. The zero-order valence-electron chi connectivity index (χ0n) is 15.1. The molecule has 0 saturated heterocycles. The van der Waals surface area contributed by atoms with Crippen LogP contribution in [0.5, 0.6) is 0 Å². The third kappa shape index (κ3) is 15.6. The Kier molecular flexibility index (Phi) is 27.8. The minimum Gasteiger partial charge on any atom is -0.744 e. The van der Waals surface area contributed by atoms with E-state index >= 15 is 0 Å². The van der Waals surface area contributed by atoms with Crippen LogP contribution in [-0.2, 0) is 19.7 Å². The Morgan fingerprint density at radius 3 is 1.41 bits per heavy atom. The van der Waals surface area contributed by atoms with Crippen LogP contribution in [0.2, 0.25) is 0 Å². The molecule has 0 radical (unpaired) electrons. The van der Waals surface area contributed by atoms with E-state index in [1.807, 2.05) is 0 Å². The van der Waals surface area contributed by atoms with Crippen molar-refractivity contribution < 1.29 is 62.3 Å². The molecule has 0 aliphatic heterocycles. The van der Waals surface area contributed by atoms with Crippen molar-refractivity contribution in [2.24, 2.45) is 11.8 Å². The van der Waals surface area contributed by atoms with Gasteiger partial charge in [0.05, 0.1) is 16.7 Å². The monoisotopic (exact) mass is 446 g/mol. The number of benzene rings is 1. The largest absolute Gasteiger partial charge is 1.00 e. The van der Waals surface area contributed by atoms with Crippen molar-refractivity contribution in [3.63, 3.8) is 0 Å². The molecule has 0 fully saturated rings. The topological polar surface area (TPSA) is 132 Å². The van der Waals surface area contributed by atoms with Crippen LogP contribution < -0.4 is 29.6 Å². The summed E-state index contributed by atoms with van der Waals surface area (Å²) in [5.74, 6) is -3.40. The van der Waals surface area contributed by atoms with Gasteiger partial charge in [-0.2, -0.15) is 0 Å². The third-order valence-electron chi connectivity index (χ3n) is 3.88. The summed E-state index contributed by atoms with van der Waals surface area (Å²) in [5.41, 5.74) is 1.06. The van der Waals surface area contributed by atoms with Gasteiger partial charge in [0.1, 0.15) is 10.1 Å². The van der Waals surface area contributed by atoms with Crippen LogP contribution in [0.25, 0.3) is 0 Å². The zero-order chi connectivity index (χ0) is 19.1. The maximum Gasteiger partial charge on any atom is 1.00 e. The van der Waals surface area contributed by atoms with Gasteiger partial charge in [-0.3, -0.25) is 9.59 Å². The first kappa shape index (κ1) is 42.2. The molecule has 0 bridgehead atoms. The molecule has 0 amide bonds. The molecule has 29 heavy (non-hydrogen) atoms. The standard InChI is InChI=1S/C10H14O3S.C6H10O4.4CH4.Na/c1-3-8(2)9-4-6-10(7-5-9)14(11,12)13;1-3(5(7)8)4(2)6(9)10;;;;;/h4-8H,3H2,1-2H3,(H,11,12,13);3-4H,1-2H3,(H,7,8)(H,9,10);4*1H4;/q;;;;;;+1/p-1. The van der Waals surface area contributed by atoms with E-state index in [0.717, 1.165) is 12.0 Å². The number of carbonyl (C=O) groups is 2. The van der Waals surface area contributed by atoms with Crippen molar-refractivity contribution in [2.75, 3.05) is 0 Å². The fraction of sp³-hybridized carbons (Fsp3) is 0.600. The second-order valence-corrected chi connectivity index (χ2v) is 6.97. The minimum atomic E-state index is -4.30. The van der Waals surface area contributed by atoms with Crippen molar-refractivity contribution >= 4 is 22.1 Å². The summed E-state index contributed by atoms with van der Waals surface area (Å²) in [5, 5.41) is 16.7. The van der Waals surface area contributed by atoms with E-state index in [-0.39, 0.29) is 64.2 Å². The quantitative estimate of drug-likeness (QED) is 0.505. The van der Waals surface area contributed by atoms with Gasteiger partial charge in [0.25, 0.3) is 0 Å². The van der Waals surface area contributed by atoms with E-state index in [0.29, 0.717) is 5.92 Å². The van der Waals surface area contributed by atoms with Crippen molar-refractivity contribution in [1.29, 1.82) is 0 Å². The predicted molar refractivity (Wildman–Crippen MR) is 114 cm³/mol. The normalized spacial score (nSPS) is 12.2. The molecule has 0 saturated carbocycles. The van der Waals surface area contributed by atoms with E-state index in [2.05, 4.69) is 13.8 Å². The van der Waals surface area contributed by atoms with Gasteiger partial charge in [0, 0.05) is 0 Å². The second kappa shape index (κ2) is 19.1. The first-order chi connectivity index (χ1) is 10.9. The molecular formula is C20H39NaO7S. The van der Waals surface area contributed by atoms with Crippen molar-refractivity contribution in [3.05, 3.63) is 29.8 Å². The van der Waals surface area contributed by atoms with Gasteiger partial charge in [-0.15, -0.1) is 0 Å². The Bertz CT molecular complexity index is 640. The Hall–Kier alpha value is -0.930. The van der Waals surface area contributed by atoms with Crippen molar-refractivity contribution in [1.82, 2.24) is 0 Å². The number of hydrogen-bond donors (Lipinski definition) is 2. The number of hydrogen-bond acceptors (Lipinski definition) is 5. The van der Waals surface area contributed by atoms with Crippen LogP contribution in [-0.4, -0.2) is 35.1 Å². The van der Waals surface area contributed by atoms with Crippen molar-refractivity contribution in [2.45, 2.75) is 74.6 Å². The summed E-state index contributed by atoms with van der Waals surface area (Å²) < 4.78 is 31.9. The predicted octanol–water partition coefficient (Wildman–Crippen LogP) is 2.08. The van der Waals surface area contributed by atoms with Gasteiger partial charge in [-0.05, 0) is 30.0 Å². The smallest absolute Gasteiger partial charge is 0.744 e. The Morgan fingerprint density at radius 1 is 0.897 bits per heavy atom. The van der Waals surface area contributed by atoms with Gasteiger partial charge in [0.2, 0.25) is 0 Å². The molecule has 0 aliphatic rings. The van der Waals surface area contributed by atoms with E-state index in [4.69, 9.17) is 10.2 Å². The molecule has 3 unspecified atom stereocenters. The first-order valence-electron chi connectivity index (χ1n) is 7.43. The van der Waals surface area contributed by atoms with E-state index in [1.165, 1.54) is 26.0 Å². The number of carboxylic acid groups (broad SMARTS) is 2. The van der Waals surface area contributed by atoms with Crippen LogP contribution in [0.15, 0.2) is 29.2 Å². The molecule has 1 aromatic rings. The molecule has 1 aromatic carbocycles. The summed E-state index contributed by atoms with van der Waals surface area (Å²) in [6, 6.07) is 6.12. The van der Waals surface area contributed by atoms with E-state index in [9.17, 15) is 22.6 Å². The summed E-state index contributed by atoms with van der Waals surface area (Å²) in [6.45, 7) is 6.87. The molecule has 7 nitrogen and oxygen atoms in total. The van der Waals surface area contributed by atoms with E-state index < -0.39 is 33.9 Å². The van der Waals surface area contributed by atoms with Gasteiger partial charge in [-0.1, -0.05) is 69.5 Å². The van der Waals surface area contributed by atoms with Gasteiger partial charge in [0.15, 0.2) is 0 Å². The molecule has 1 rings (SSSR count). The van der Waals surface area contributed by atoms with E-state index in [1.54, 1.807) is 12.1 Å². The summed E-state index contributed by atoms with van der Waals surface area (Å²) in [7, 11) is -4.30. The molecule has 0 aromatic heterocycles. The first-order valence-corrected chi connectivity index (χ1v) is 8.84. The molecule has 3 atom stereocenters. The van der Waals surface area contributed by atoms with Crippen LogP contribution >= 0.6 is 0 Å². The maximum absolute atomic E-state index is 10.6. The molecule has 0 aliphatic carbocycles. The maximum atomic E-state index is 10.6. The number of carboxylic acids is 2. The molecular weight excluding hydrogens is 407 g/mol. The average Bonchev–Trinajstić information content (AvgIpc) is 2.52. The molecule has 2 N–H and O–H groups in total. The van der Waals surface area contributed by atoms with Crippen LogP contribution in [0.3, 0.4) is 0 Å². The van der Waals surface area contributed by atoms with Gasteiger partial charge < -0.3 is 14.8 Å². The van der Waals surface area contributed by atoms with Gasteiger partial charge >= 0.3 is 41.5 Å². The minimum absolute atomic E-state index is 0. The van der Waals surface area contributed by atoms with Crippen molar-refractivity contribution in [3.8, 4) is 0 Å². The Balaban J connectivity index is -0.0000000809. The summed E-state index contributed by atoms with van der Waals surface area (Å²) >= 11 is 0. The zero-order valence-corrected chi connectivity index (χ0v) is 17.9. The third-order valence-corrected chi connectivity index (χ3v) is 4.73. The molecule has 168 valence electrons. The van der Waals surface area contributed by atoms with Crippen LogP contribution in [0.1, 0.15) is 75.3 Å². The molecule has 9 heteroatoms. The average molecular weight is 447 g/mol. The number of rotatable bonds is 6. The van der Waals surface area contributed by atoms with Gasteiger partial charge in [-0.25, -0.2) is 8.42 Å². The Morgan fingerprint density at radius 2 is 1.21 bits per heavy atom. The fourth-order valence-corrected chi connectivity index (χ4v) is 2.10. The summed E-state index contributed by atoms with van der Waals surface area (Å²) in [4.78, 5) is 20.2. The SMILES string of the molecule is C.C.C.C.CC(C(=O)O)C(C)C(=O)O.CCC(C)c1ccc(S(=O)(=O)[O-])cc1.[Na+]. The van der Waals surface area contributed by atoms with Crippen LogP contribution in [0, 0.1) is 11.8 Å². The summed E-state index contributed by atoms with van der Waals surface area (Å²) in [6.07, 6.45) is 0.990. The van der Waals surface area contributed by atoms with Crippen LogP contribution in [0.4, 0.5) is 0 Å². The Labute approximate surface area is 200 Å². The molecule has 0 heterocycles. The molecule has 0 spiro atoms.